The molecule has 1 saturated heterocycles. The number of hydrogen-bond acceptors (Lipinski definition) is 3. The van der Waals surface area contributed by atoms with Gasteiger partial charge in [-0.1, -0.05) is 41.9 Å². The second-order valence-corrected chi connectivity index (χ2v) is 6.68. The maximum atomic E-state index is 13.0. The number of halogens is 1. The molecule has 1 N–H and O–H groups in total. The fraction of sp³-hybridized carbons (Fsp3) is 0.190. The normalized spacial score (nSPS) is 14.4. The molecule has 5 heteroatoms. The van der Waals surface area contributed by atoms with Gasteiger partial charge in [0.1, 0.15) is 0 Å². The molecule has 0 spiro atoms. The summed E-state index contributed by atoms with van der Waals surface area (Å²) in [5.41, 5.74) is 2.58. The van der Waals surface area contributed by atoms with Crippen LogP contribution in [0.3, 0.4) is 0 Å². The maximum absolute atomic E-state index is 13.0. The van der Waals surface area contributed by atoms with E-state index >= 15 is 0 Å². The van der Waals surface area contributed by atoms with Crippen molar-refractivity contribution in [1.82, 2.24) is 4.90 Å². The number of rotatable bonds is 3. The Hall–Kier alpha value is -2.56. The van der Waals surface area contributed by atoms with Crippen molar-refractivity contribution in [3.63, 3.8) is 0 Å². The highest BCUT2D eigenvalue weighted by molar-refractivity contribution is 6.30. The van der Waals surface area contributed by atoms with E-state index in [-0.39, 0.29) is 5.91 Å². The molecule has 26 heavy (non-hydrogen) atoms. The van der Waals surface area contributed by atoms with Crippen molar-refractivity contribution in [3.8, 4) is 0 Å². The molecule has 3 aromatic rings. The topological polar surface area (TPSA) is 41.6 Å². The molecule has 132 valence electrons. The first-order valence-corrected chi connectivity index (χ1v) is 9.01. The number of nitrogens with one attached hydrogen (secondary N) is 1. The van der Waals surface area contributed by atoms with E-state index in [9.17, 15) is 4.79 Å². The molecule has 1 heterocycles. The van der Waals surface area contributed by atoms with Crippen LogP contribution in [-0.4, -0.2) is 37.1 Å². The van der Waals surface area contributed by atoms with E-state index in [1.165, 1.54) is 0 Å². The Bertz CT molecular complexity index is 952. The molecule has 4 nitrogen and oxygen atoms in total. The number of amides is 1. The third-order valence-electron chi connectivity index (χ3n) is 4.56. The van der Waals surface area contributed by atoms with Crippen molar-refractivity contribution in [2.75, 3.05) is 31.6 Å². The van der Waals surface area contributed by atoms with Gasteiger partial charge in [-0.2, -0.15) is 0 Å². The van der Waals surface area contributed by atoms with Crippen LogP contribution in [0.25, 0.3) is 10.8 Å². The van der Waals surface area contributed by atoms with Crippen molar-refractivity contribution in [2.45, 2.75) is 0 Å². The zero-order valence-corrected chi connectivity index (χ0v) is 15.0. The van der Waals surface area contributed by atoms with Gasteiger partial charge in [0.25, 0.3) is 5.91 Å². The highest BCUT2D eigenvalue weighted by Gasteiger charge is 2.21. The average Bonchev–Trinajstić information content (AvgIpc) is 2.68. The Morgan fingerprint density at radius 2 is 1.73 bits per heavy atom. The number of morpholine rings is 1. The quantitative estimate of drug-likeness (QED) is 0.730. The van der Waals surface area contributed by atoms with Gasteiger partial charge in [-0.25, -0.2) is 0 Å². The van der Waals surface area contributed by atoms with Crippen LogP contribution in [0.1, 0.15) is 10.4 Å². The van der Waals surface area contributed by atoms with Gasteiger partial charge in [0.05, 0.1) is 13.2 Å². The number of nitrogens with zero attached hydrogens (tertiary/aromatic N) is 1. The Morgan fingerprint density at radius 1 is 0.962 bits per heavy atom. The monoisotopic (exact) mass is 366 g/mol. The molecule has 1 amide bonds. The Morgan fingerprint density at radius 3 is 2.50 bits per heavy atom. The van der Waals surface area contributed by atoms with Crippen molar-refractivity contribution >= 4 is 39.7 Å². The van der Waals surface area contributed by atoms with E-state index in [1.807, 2.05) is 65.6 Å². The summed E-state index contributed by atoms with van der Waals surface area (Å²) >= 11 is 6.08. The molecule has 3 aromatic carbocycles. The zero-order chi connectivity index (χ0) is 17.9. The summed E-state index contributed by atoms with van der Waals surface area (Å²) in [6.45, 7) is 2.46. The highest BCUT2D eigenvalue weighted by atomic mass is 35.5. The van der Waals surface area contributed by atoms with E-state index in [0.717, 1.165) is 27.7 Å². The molecule has 0 atom stereocenters. The lowest BCUT2D eigenvalue weighted by atomic mass is 10.0. The fourth-order valence-corrected chi connectivity index (χ4v) is 3.44. The lowest BCUT2D eigenvalue weighted by molar-refractivity contribution is 0.0304. The first-order chi connectivity index (χ1) is 12.7. The largest absolute Gasteiger partial charge is 0.378 e. The van der Waals surface area contributed by atoms with E-state index in [1.54, 1.807) is 0 Å². The van der Waals surface area contributed by atoms with Crippen LogP contribution in [0.15, 0.2) is 60.7 Å². The van der Waals surface area contributed by atoms with E-state index in [0.29, 0.717) is 31.3 Å². The Kier molecular flexibility index (Phi) is 4.78. The second-order valence-electron chi connectivity index (χ2n) is 6.25. The van der Waals surface area contributed by atoms with Crippen LogP contribution in [0.4, 0.5) is 11.4 Å². The minimum absolute atomic E-state index is 0.0544. The predicted molar refractivity (Wildman–Crippen MR) is 105 cm³/mol. The van der Waals surface area contributed by atoms with E-state index < -0.39 is 0 Å². The van der Waals surface area contributed by atoms with Gasteiger partial charge >= 0.3 is 0 Å². The van der Waals surface area contributed by atoms with Crippen LogP contribution in [-0.2, 0) is 4.74 Å². The van der Waals surface area contributed by atoms with Crippen molar-refractivity contribution in [1.29, 1.82) is 0 Å². The smallest absolute Gasteiger partial charge is 0.254 e. The molecule has 0 aliphatic carbocycles. The number of hydrogen-bond donors (Lipinski definition) is 1. The number of ether oxygens (including phenoxy) is 1. The Labute approximate surface area is 157 Å². The number of carbonyl (C=O) groups excluding carboxylic acids is 1. The summed E-state index contributed by atoms with van der Waals surface area (Å²) in [5, 5.41) is 6.03. The predicted octanol–water partition coefficient (Wildman–Crippen LogP) is 4.71. The molecule has 0 unspecified atom stereocenters. The molecule has 0 saturated carbocycles. The molecule has 0 bridgehead atoms. The summed E-state index contributed by atoms with van der Waals surface area (Å²) < 4.78 is 5.35. The molecule has 1 fully saturated rings. The average molecular weight is 367 g/mol. The van der Waals surface area contributed by atoms with Gasteiger partial charge in [0, 0.05) is 40.4 Å². The summed E-state index contributed by atoms with van der Waals surface area (Å²) in [4.78, 5) is 14.8. The van der Waals surface area contributed by atoms with Gasteiger partial charge in [0.15, 0.2) is 0 Å². The maximum Gasteiger partial charge on any atom is 0.254 e. The molecular formula is C21H19ClN2O2. The summed E-state index contributed by atoms with van der Waals surface area (Å²) in [6, 6.07) is 19.4. The first-order valence-electron chi connectivity index (χ1n) is 8.64. The van der Waals surface area contributed by atoms with E-state index in [4.69, 9.17) is 16.3 Å². The van der Waals surface area contributed by atoms with Crippen LogP contribution in [0, 0.1) is 0 Å². The number of anilines is 2. The van der Waals surface area contributed by atoms with Crippen LogP contribution in [0.2, 0.25) is 5.02 Å². The van der Waals surface area contributed by atoms with Gasteiger partial charge in [-0.05, 0) is 35.7 Å². The van der Waals surface area contributed by atoms with Crippen LogP contribution in [0.5, 0.6) is 0 Å². The minimum atomic E-state index is 0.0544. The third kappa shape index (κ3) is 3.39. The molecule has 1 aliphatic heterocycles. The number of fused-ring (bicyclic) bond motifs is 1. The van der Waals surface area contributed by atoms with E-state index in [2.05, 4.69) is 5.32 Å². The molecule has 0 radical (unpaired) electrons. The minimum Gasteiger partial charge on any atom is -0.378 e. The number of benzene rings is 3. The fourth-order valence-electron chi connectivity index (χ4n) is 3.25. The number of carbonyl (C=O) groups is 1. The summed E-state index contributed by atoms with van der Waals surface area (Å²) in [6.07, 6.45) is 0. The molecular weight excluding hydrogens is 348 g/mol. The zero-order valence-electron chi connectivity index (χ0n) is 14.2. The van der Waals surface area contributed by atoms with Crippen molar-refractivity contribution in [3.05, 3.63) is 71.2 Å². The third-order valence-corrected chi connectivity index (χ3v) is 4.79. The molecule has 0 aromatic heterocycles. The molecule has 4 rings (SSSR count). The summed E-state index contributed by atoms with van der Waals surface area (Å²) in [7, 11) is 0. The van der Waals surface area contributed by atoms with Crippen LogP contribution < -0.4 is 5.32 Å². The first kappa shape index (κ1) is 16.9. The molecule has 1 aliphatic rings. The standard InChI is InChI=1S/C21H19ClN2O2/c22-15-4-3-5-16(14-15)23-20-9-8-19(17-6-1-2-7-18(17)20)21(25)24-10-12-26-13-11-24/h1-9,14,23H,10-13H2. The van der Waals surface area contributed by atoms with Crippen molar-refractivity contribution in [2.24, 2.45) is 0 Å². The van der Waals surface area contributed by atoms with Gasteiger partial charge < -0.3 is 15.0 Å². The summed E-state index contributed by atoms with van der Waals surface area (Å²) in [5.74, 6) is 0.0544. The van der Waals surface area contributed by atoms with Crippen LogP contribution >= 0.6 is 11.6 Å². The lowest BCUT2D eigenvalue weighted by Gasteiger charge is -2.27. The highest BCUT2D eigenvalue weighted by Crippen LogP contribution is 2.30. The lowest BCUT2D eigenvalue weighted by Crippen LogP contribution is -2.40. The van der Waals surface area contributed by atoms with Crippen molar-refractivity contribution < 1.29 is 9.53 Å². The SMILES string of the molecule is O=C(c1ccc(Nc2cccc(Cl)c2)c2ccccc12)N1CCOCC1. The van der Waals surface area contributed by atoms with Gasteiger partial charge in [0.2, 0.25) is 0 Å². The Balaban J connectivity index is 1.72. The second kappa shape index (κ2) is 7.36. The van der Waals surface area contributed by atoms with Gasteiger partial charge in [-0.15, -0.1) is 0 Å². The van der Waals surface area contributed by atoms with Gasteiger partial charge in [-0.3, -0.25) is 4.79 Å².